The Morgan fingerprint density at radius 1 is 1.20 bits per heavy atom. The van der Waals surface area contributed by atoms with Crippen LogP contribution in [0.4, 0.5) is 0 Å². The van der Waals surface area contributed by atoms with E-state index < -0.39 is 0 Å². The molecule has 1 N–H and O–H groups in total. The monoisotopic (exact) mass is 289 g/mol. The molecular formula is C17H20ClNO. The Morgan fingerprint density at radius 2 is 1.95 bits per heavy atom. The average molecular weight is 290 g/mol. The SMILES string of the molecule is COc1ccc(CN[C@H](C)c2ccccc2Cl)cc1C. The third-order valence-corrected chi connectivity index (χ3v) is 3.79. The lowest BCUT2D eigenvalue weighted by molar-refractivity contribution is 0.411. The van der Waals surface area contributed by atoms with E-state index in [1.54, 1.807) is 7.11 Å². The van der Waals surface area contributed by atoms with Crippen LogP contribution in [0, 0.1) is 6.92 Å². The number of nitrogens with one attached hydrogen (secondary N) is 1. The minimum Gasteiger partial charge on any atom is -0.496 e. The zero-order valence-electron chi connectivity index (χ0n) is 12.1. The van der Waals surface area contributed by atoms with Gasteiger partial charge in [-0.3, -0.25) is 0 Å². The van der Waals surface area contributed by atoms with Crippen molar-refractivity contribution in [2.75, 3.05) is 7.11 Å². The van der Waals surface area contributed by atoms with E-state index in [9.17, 15) is 0 Å². The second kappa shape index (κ2) is 6.78. The fourth-order valence-corrected chi connectivity index (χ4v) is 2.56. The van der Waals surface area contributed by atoms with E-state index in [0.717, 1.165) is 28.4 Å². The van der Waals surface area contributed by atoms with Gasteiger partial charge in [0.05, 0.1) is 7.11 Å². The van der Waals surface area contributed by atoms with Crippen LogP contribution < -0.4 is 10.1 Å². The molecule has 20 heavy (non-hydrogen) atoms. The normalized spacial score (nSPS) is 12.2. The van der Waals surface area contributed by atoms with Gasteiger partial charge in [0.1, 0.15) is 5.75 Å². The molecule has 3 heteroatoms. The summed E-state index contributed by atoms with van der Waals surface area (Å²) in [5, 5.41) is 4.30. The number of ether oxygens (including phenoxy) is 1. The van der Waals surface area contributed by atoms with Gasteiger partial charge in [0.2, 0.25) is 0 Å². The van der Waals surface area contributed by atoms with Gasteiger partial charge in [0.15, 0.2) is 0 Å². The predicted molar refractivity (Wildman–Crippen MR) is 84.4 cm³/mol. The van der Waals surface area contributed by atoms with E-state index >= 15 is 0 Å². The molecule has 0 heterocycles. The lowest BCUT2D eigenvalue weighted by atomic mass is 10.1. The second-order valence-corrected chi connectivity index (χ2v) is 5.34. The first-order valence-corrected chi connectivity index (χ1v) is 7.11. The molecule has 1 atom stereocenters. The molecule has 0 saturated carbocycles. The van der Waals surface area contributed by atoms with Gasteiger partial charge in [-0.25, -0.2) is 0 Å². The molecule has 0 bridgehead atoms. The highest BCUT2D eigenvalue weighted by Gasteiger charge is 2.08. The molecule has 2 rings (SSSR count). The van der Waals surface area contributed by atoms with Crippen molar-refractivity contribution in [3.05, 3.63) is 64.2 Å². The molecule has 0 amide bonds. The predicted octanol–water partition coefficient (Wildman–Crippen LogP) is 4.51. The maximum atomic E-state index is 6.21. The largest absolute Gasteiger partial charge is 0.496 e. The molecule has 0 aromatic heterocycles. The molecule has 0 aliphatic rings. The zero-order chi connectivity index (χ0) is 14.5. The summed E-state index contributed by atoms with van der Waals surface area (Å²) in [6, 6.07) is 14.4. The summed E-state index contributed by atoms with van der Waals surface area (Å²) in [5.74, 6) is 0.924. The third-order valence-electron chi connectivity index (χ3n) is 3.44. The summed E-state index contributed by atoms with van der Waals surface area (Å²) >= 11 is 6.21. The van der Waals surface area contributed by atoms with Gasteiger partial charge in [0.25, 0.3) is 0 Å². The topological polar surface area (TPSA) is 21.3 Å². The van der Waals surface area contributed by atoms with Crippen molar-refractivity contribution in [1.82, 2.24) is 5.32 Å². The quantitative estimate of drug-likeness (QED) is 0.874. The number of benzene rings is 2. The van der Waals surface area contributed by atoms with Crippen LogP contribution in [-0.4, -0.2) is 7.11 Å². The van der Waals surface area contributed by atoms with Gasteiger partial charge in [-0.15, -0.1) is 0 Å². The molecule has 0 fully saturated rings. The molecule has 2 nitrogen and oxygen atoms in total. The highest BCUT2D eigenvalue weighted by atomic mass is 35.5. The Balaban J connectivity index is 2.02. The summed E-state index contributed by atoms with van der Waals surface area (Å²) in [7, 11) is 1.69. The first kappa shape index (κ1) is 14.9. The fourth-order valence-electron chi connectivity index (χ4n) is 2.26. The highest BCUT2D eigenvalue weighted by Crippen LogP contribution is 2.23. The Labute approximate surface area is 125 Å². The van der Waals surface area contributed by atoms with E-state index in [2.05, 4.69) is 37.4 Å². The van der Waals surface area contributed by atoms with Gasteiger partial charge in [-0.05, 0) is 42.7 Å². The maximum Gasteiger partial charge on any atom is 0.121 e. The summed E-state index contributed by atoms with van der Waals surface area (Å²) in [6.07, 6.45) is 0. The van der Waals surface area contributed by atoms with Crippen LogP contribution in [0.15, 0.2) is 42.5 Å². The van der Waals surface area contributed by atoms with Crippen molar-refractivity contribution in [2.24, 2.45) is 0 Å². The zero-order valence-corrected chi connectivity index (χ0v) is 12.9. The number of hydrogen-bond acceptors (Lipinski definition) is 2. The van der Waals surface area contributed by atoms with E-state index in [-0.39, 0.29) is 6.04 Å². The van der Waals surface area contributed by atoms with Crippen molar-refractivity contribution in [2.45, 2.75) is 26.4 Å². The molecule has 0 unspecified atom stereocenters. The maximum absolute atomic E-state index is 6.21. The van der Waals surface area contributed by atoms with E-state index in [0.29, 0.717) is 0 Å². The van der Waals surface area contributed by atoms with Crippen molar-refractivity contribution >= 4 is 11.6 Å². The Hall–Kier alpha value is -1.51. The first-order chi connectivity index (χ1) is 9.61. The molecule has 2 aromatic carbocycles. The van der Waals surface area contributed by atoms with Crippen LogP contribution >= 0.6 is 11.6 Å². The number of halogens is 1. The van der Waals surface area contributed by atoms with Gasteiger partial charge in [-0.1, -0.05) is 41.9 Å². The molecule has 0 aliphatic heterocycles. The summed E-state index contributed by atoms with van der Waals surface area (Å²) in [6.45, 7) is 4.98. The lowest BCUT2D eigenvalue weighted by Gasteiger charge is -2.16. The van der Waals surface area contributed by atoms with Crippen LogP contribution in [0.1, 0.15) is 29.7 Å². The Morgan fingerprint density at radius 3 is 2.60 bits per heavy atom. The standard InChI is InChI=1S/C17H20ClNO/c1-12-10-14(8-9-17(12)20-3)11-19-13(2)15-6-4-5-7-16(15)18/h4-10,13,19H,11H2,1-3H3/t13-/m1/s1. The number of aryl methyl sites for hydroxylation is 1. The number of hydrogen-bond donors (Lipinski definition) is 1. The molecular weight excluding hydrogens is 270 g/mol. The lowest BCUT2D eigenvalue weighted by Crippen LogP contribution is -2.18. The minimum atomic E-state index is 0.214. The summed E-state index contributed by atoms with van der Waals surface area (Å²) in [4.78, 5) is 0. The fraction of sp³-hybridized carbons (Fsp3) is 0.294. The molecule has 106 valence electrons. The number of rotatable bonds is 5. The van der Waals surface area contributed by atoms with E-state index in [4.69, 9.17) is 16.3 Å². The van der Waals surface area contributed by atoms with Crippen LogP contribution in [0.25, 0.3) is 0 Å². The Bertz CT molecular complexity index is 583. The summed E-state index contributed by atoms with van der Waals surface area (Å²) in [5.41, 5.74) is 3.51. The molecule has 0 spiro atoms. The van der Waals surface area contributed by atoms with Crippen molar-refractivity contribution in [1.29, 1.82) is 0 Å². The van der Waals surface area contributed by atoms with Crippen LogP contribution in [0.3, 0.4) is 0 Å². The molecule has 0 saturated heterocycles. The average Bonchev–Trinajstić information content (AvgIpc) is 2.45. The van der Waals surface area contributed by atoms with Crippen LogP contribution in [0.2, 0.25) is 5.02 Å². The van der Waals surface area contributed by atoms with Crippen molar-refractivity contribution in [3.63, 3.8) is 0 Å². The van der Waals surface area contributed by atoms with Gasteiger partial charge in [0, 0.05) is 17.6 Å². The van der Waals surface area contributed by atoms with E-state index in [1.807, 2.05) is 24.3 Å². The van der Waals surface area contributed by atoms with E-state index in [1.165, 1.54) is 5.56 Å². The van der Waals surface area contributed by atoms with Gasteiger partial charge < -0.3 is 10.1 Å². The Kier molecular flexibility index (Phi) is 5.05. The molecule has 2 aromatic rings. The van der Waals surface area contributed by atoms with Crippen molar-refractivity contribution < 1.29 is 4.74 Å². The summed E-state index contributed by atoms with van der Waals surface area (Å²) < 4.78 is 5.27. The highest BCUT2D eigenvalue weighted by molar-refractivity contribution is 6.31. The minimum absolute atomic E-state index is 0.214. The second-order valence-electron chi connectivity index (χ2n) is 4.93. The van der Waals surface area contributed by atoms with Crippen molar-refractivity contribution in [3.8, 4) is 5.75 Å². The van der Waals surface area contributed by atoms with Crippen LogP contribution in [-0.2, 0) is 6.54 Å². The van der Waals surface area contributed by atoms with Gasteiger partial charge >= 0.3 is 0 Å². The smallest absolute Gasteiger partial charge is 0.121 e. The molecule has 0 radical (unpaired) electrons. The third kappa shape index (κ3) is 3.53. The number of methoxy groups -OCH3 is 1. The van der Waals surface area contributed by atoms with Gasteiger partial charge in [-0.2, -0.15) is 0 Å². The van der Waals surface area contributed by atoms with Crippen LogP contribution in [0.5, 0.6) is 5.75 Å². The molecule has 0 aliphatic carbocycles. The first-order valence-electron chi connectivity index (χ1n) is 6.73.